The molecule has 1 atom stereocenters. The Hall–Kier alpha value is -2.27. The number of ether oxygens (including phenoxy) is 2. The van der Waals surface area contributed by atoms with Crippen LogP contribution >= 0.6 is 0 Å². The maximum Gasteiger partial charge on any atom is 0.172 e. The molecule has 0 bridgehead atoms. The first-order valence-electron chi connectivity index (χ1n) is 5.26. The molecule has 0 spiro atoms. The molecule has 1 aromatic carbocycles. The molecule has 0 amide bonds. The third-order valence-electron chi connectivity index (χ3n) is 2.45. The Bertz CT molecular complexity index is 541. The van der Waals surface area contributed by atoms with Gasteiger partial charge in [-0.3, -0.25) is 4.79 Å². The third kappa shape index (κ3) is 2.36. The number of azide groups is 1. The van der Waals surface area contributed by atoms with E-state index in [9.17, 15) is 9.18 Å². The van der Waals surface area contributed by atoms with Gasteiger partial charge >= 0.3 is 0 Å². The zero-order valence-electron chi connectivity index (χ0n) is 9.59. The lowest BCUT2D eigenvalue weighted by atomic mass is 10.1. The molecule has 1 heterocycles. The minimum absolute atomic E-state index is 0.0852. The summed E-state index contributed by atoms with van der Waals surface area (Å²) in [4.78, 5) is 14.0. The van der Waals surface area contributed by atoms with E-state index in [1.165, 1.54) is 6.92 Å². The van der Waals surface area contributed by atoms with E-state index in [1.54, 1.807) is 0 Å². The van der Waals surface area contributed by atoms with E-state index in [0.717, 1.165) is 12.1 Å². The first-order valence-corrected chi connectivity index (χ1v) is 5.26. The van der Waals surface area contributed by atoms with Crippen LogP contribution in [-0.2, 0) is 0 Å². The Morgan fingerprint density at radius 3 is 3.11 bits per heavy atom. The number of hydrogen-bond donors (Lipinski definition) is 0. The number of fused-ring (bicyclic) bond motifs is 1. The fourth-order valence-corrected chi connectivity index (χ4v) is 1.67. The molecule has 0 saturated carbocycles. The molecule has 7 heteroatoms. The summed E-state index contributed by atoms with van der Waals surface area (Å²) in [6.45, 7) is 1.56. The molecule has 1 unspecified atom stereocenters. The topological polar surface area (TPSA) is 84.3 Å². The monoisotopic (exact) mass is 251 g/mol. The standard InChI is InChI=1S/C11H10FN3O3/c1-6(16)9-2-7(12)3-10-11(9)17-5-8(18-10)4-14-15-13/h2-3,8H,4-5H2,1H3. The van der Waals surface area contributed by atoms with Crippen molar-refractivity contribution in [3.05, 3.63) is 34.0 Å². The predicted octanol–water partition coefficient (Wildman–Crippen LogP) is 2.48. The average Bonchev–Trinajstić information content (AvgIpc) is 2.34. The van der Waals surface area contributed by atoms with Crippen LogP contribution < -0.4 is 9.47 Å². The summed E-state index contributed by atoms with van der Waals surface area (Å²) in [5.74, 6) is -0.486. The lowest BCUT2D eigenvalue weighted by Gasteiger charge is -2.26. The Kier molecular flexibility index (Phi) is 3.34. The molecule has 1 aliphatic heterocycles. The van der Waals surface area contributed by atoms with Crippen molar-refractivity contribution in [2.45, 2.75) is 13.0 Å². The smallest absolute Gasteiger partial charge is 0.172 e. The number of halogens is 1. The number of nitrogens with zero attached hydrogens (tertiary/aromatic N) is 3. The van der Waals surface area contributed by atoms with Crippen LogP contribution in [0.25, 0.3) is 10.4 Å². The minimum atomic E-state index is -0.577. The van der Waals surface area contributed by atoms with Crippen LogP contribution in [0.15, 0.2) is 17.2 Å². The predicted molar refractivity (Wildman–Crippen MR) is 60.3 cm³/mol. The fourth-order valence-electron chi connectivity index (χ4n) is 1.67. The van der Waals surface area contributed by atoms with E-state index >= 15 is 0 Å². The summed E-state index contributed by atoms with van der Waals surface area (Å²) in [6, 6.07) is 2.25. The molecular formula is C11H10FN3O3. The van der Waals surface area contributed by atoms with Gasteiger partial charge in [-0.25, -0.2) is 4.39 Å². The van der Waals surface area contributed by atoms with Crippen LogP contribution in [0.2, 0.25) is 0 Å². The second-order valence-electron chi connectivity index (χ2n) is 3.80. The highest BCUT2D eigenvalue weighted by Crippen LogP contribution is 2.36. The quantitative estimate of drug-likeness (QED) is 0.358. The Labute approximate surface area is 102 Å². The van der Waals surface area contributed by atoms with Crippen molar-refractivity contribution < 1.29 is 18.7 Å². The SMILES string of the molecule is CC(=O)c1cc(F)cc2c1OCC(CN=[N+]=[N-])O2. The summed E-state index contributed by atoms with van der Waals surface area (Å²) in [5.41, 5.74) is 8.36. The van der Waals surface area contributed by atoms with E-state index in [-0.39, 0.29) is 36.0 Å². The highest BCUT2D eigenvalue weighted by Gasteiger charge is 2.25. The molecule has 0 aromatic heterocycles. The first kappa shape index (κ1) is 12.2. The third-order valence-corrected chi connectivity index (χ3v) is 2.45. The Morgan fingerprint density at radius 2 is 2.44 bits per heavy atom. The van der Waals surface area contributed by atoms with Crippen LogP contribution in [0.1, 0.15) is 17.3 Å². The molecule has 0 radical (unpaired) electrons. The van der Waals surface area contributed by atoms with Gasteiger partial charge in [-0.1, -0.05) is 5.11 Å². The van der Waals surface area contributed by atoms with Crippen molar-refractivity contribution >= 4 is 5.78 Å². The van der Waals surface area contributed by atoms with E-state index in [4.69, 9.17) is 15.0 Å². The van der Waals surface area contributed by atoms with Crippen LogP contribution in [0, 0.1) is 5.82 Å². The Morgan fingerprint density at radius 1 is 1.67 bits per heavy atom. The first-order chi connectivity index (χ1) is 8.61. The van der Waals surface area contributed by atoms with Crippen molar-refractivity contribution in [2.24, 2.45) is 5.11 Å². The minimum Gasteiger partial charge on any atom is -0.485 e. The molecule has 0 saturated heterocycles. The van der Waals surface area contributed by atoms with Crippen molar-refractivity contribution in [2.75, 3.05) is 13.2 Å². The lowest BCUT2D eigenvalue weighted by molar-refractivity contribution is 0.0901. The van der Waals surface area contributed by atoms with Gasteiger partial charge in [-0.15, -0.1) is 0 Å². The molecule has 2 rings (SSSR count). The molecule has 1 aromatic rings. The van der Waals surface area contributed by atoms with E-state index in [1.807, 2.05) is 0 Å². The van der Waals surface area contributed by atoms with Gasteiger partial charge in [0.15, 0.2) is 17.3 Å². The zero-order chi connectivity index (χ0) is 13.1. The molecule has 6 nitrogen and oxygen atoms in total. The molecular weight excluding hydrogens is 241 g/mol. The maximum atomic E-state index is 13.3. The van der Waals surface area contributed by atoms with Crippen LogP contribution in [0.3, 0.4) is 0 Å². The number of hydrogen-bond acceptors (Lipinski definition) is 4. The summed E-state index contributed by atoms with van der Waals surface area (Å²) in [6.07, 6.45) is -0.477. The molecule has 0 aliphatic carbocycles. The van der Waals surface area contributed by atoms with Crippen molar-refractivity contribution in [3.63, 3.8) is 0 Å². The highest BCUT2D eigenvalue weighted by molar-refractivity contribution is 5.97. The summed E-state index contributed by atoms with van der Waals surface area (Å²) in [5, 5.41) is 3.36. The lowest BCUT2D eigenvalue weighted by Crippen LogP contribution is -2.32. The molecule has 94 valence electrons. The number of ketones is 1. The highest BCUT2D eigenvalue weighted by atomic mass is 19.1. The second kappa shape index (κ2) is 4.93. The second-order valence-corrected chi connectivity index (χ2v) is 3.80. The summed E-state index contributed by atoms with van der Waals surface area (Å²) in [7, 11) is 0. The summed E-state index contributed by atoms with van der Waals surface area (Å²) >= 11 is 0. The summed E-state index contributed by atoms with van der Waals surface area (Å²) < 4.78 is 24.1. The maximum absolute atomic E-state index is 13.3. The van der Waals surface area contributed by atoms with Gasteiger partial charge in [0.05, 0.1) is 12.1 Å². The molecule has 0 N–H and O–H groups in total. The van der Waals surface area contributed by atoms with Gasteiger partial charge in [-0.2, -0.15) is 0 Å². The largest absolute Gasteiger partial charge is 0.485 e. The van der Waals surface area contributed by atoms with Crippen molar-refractivity contribution in [1.29, 1.82) is 0 Å². The van der Waals surface area contributed by atoms with E-state index < -0.39 is 11.9 Å². The zero-order valence-corrected chi connectivity index (χ0v) is 9.59. The van der Waals surface area contributed by atoms with Crippen molar-refractivity contribution in [3.8, 4) is 11.5 Å². The van der Waals surface area contributed by atoms with Crippen LogP contribution in [0.4, 0.5) is 4.39 Å². The van der Waals surface area contributed by atoms with Gasteiger partial charge in [-0.05, 0) is 18.5 Å². The van der Waals surface area contributed by atoms with E-state index in [0.29, 0.717) is 0 Å². The average molecular weight is 251 g/mol. The number of Topliss-reactive ketones (excluding diaryl/α,β-unsaturated/α-hetero) is 1. The molecule has 18 heavy (non-hydrogen) atoms. The Balaban J connectivity index is 2.32. The number of carbonyl (C=O) groups is 1. The number of rotatable bonds is 3. The number of benzene rings is 1. The number of carbonyl (C=O) groups excluding carboxylic acids is 1. The van der Waals surface area contributed by atoms with Gasteiger partial charge in [0.2, 0.25) is 0 Å². The van der Waals surface area contributed by atoms with Crippen LogP contribution in [-0.4, -0.2) is 25.0 Å². The van der Waals surface area contributed by atoms with Gasteiger partial charge < -0.3 is 9.47 Å². The molecule has 0 fully saturated rings. The normalized spacial score (nSPS) is 16.9. The van der Waals surface area contributed by atoms with E-state index in [2.05, 4.69) is 10.0 Å². The van der Waals surface area contributed by atoms with Gasteiger partial charge in [0.1, 0.15) is 18.5 Å². The van der Waals surface area contributed by atoms with Gasteiger partial charge in [0.25, 0.3) is 0 Å². The molecule has 1 aliphatic rings. The van der Waals surface area contributed by atoms with Gasteiger partial charge in [0, 0.05) is 11.0 Å². The fraction of sp³-hybridized carbons (Fsp3) is 0.364. The van der Waals surface area contributed by atoms with Crippen LogP contribution in [0.5, 0.6) is 11.5 Å². The van der Waals surface area contributed by atoms with Crippen molar-refractivity contribution in [1.82, 2.24) is 0 Å².